The Kier molecular flexibility index (Phi) is 3.72. The molecule has 2 nitrogen and oxygen atoms in total. The van der Waals surface area contributed by atoms with Gasteiger partial charge in [0.2, 0.25) is 0 Å². The molecular weight excluding hydrogens is 284 g/mol. The van der Waals surface area contributed by atoms with Crippen molar-refractivity contribution in [1.29, 1.82) is 0 Å². The van der Waals surface area contributed by atoms with Gasteiger partial charge in [-0.05, 0) is 99.2 Å². The number of Topliss-reactive ketones (excluding diaryl/α,β-unsaturated/α-hetero) is 1. The highest BCUT2D eigenvalue weighted by atomic mass is 16.3. The second-order valence-electron chi connectivity index (χ2n) is 9.95. The summed E-state index contributed by atoms with van der Waals surface area (Å²) in [6.07, 6.45) is 10.9. The number of ketones is 1. The minimum Gasteiger partial charge on any atom is -0.393 e. The van der Waals surface area contributed by atoms with Crippen LogP contribution in [0.3, 0.4) is 0 Å². The molecule has 0 aromatic carbocycles. The maximum absolute atomic E-state index is 12.2. The average Bonchev–Trinajstić information content (AvgIpc) is 2.83. The van der Waals surface area contributed by atoms with Gasteiger partial charge >= 0.3 is 0 Å². The second-order valence-corrected chi connectivity index (χ2v) is 9.95. The van der Waals surface area contributed by atoms with E-state index in [1.165, 1.54) is 38.5 Å². The van der Waals surface area contributed by atoms with Crippen LogP contribution in [0.4, 0.5) is 0 Å². The van der Waals surface area contributed by atoms with Crippen molar-refractivity contribution in [2.75, 3.05) is 0 Å². The number of aliphatic hydroxyl groups is 1. The number of aliphatic hydroxyl groups excluding tert-OH is 1. The quantitative estimate of drug-likeness (QED) is 0.767. The fourth-order valence-electron chi connectivity index (χ4n) is 7.93. The lowest BCUT2D eigenvalue weighted by atomic mass is 9.46. The third-order valence-corrected chi connectivity index (χ3v) is 8.96. The van der Waals surface area contributed by atoms with Crippen LogP contribution >= 0.6 is 0 Å². The van der Waals surface area contributed by atoms with Gasteiger partial charge in [0, 0.05) is 5.92 Å². The van der Waals surface area contributed by atoms with Crippen molar-refractivity contribution in [3.05, 3.63) is 0 Å². The number of fused-ring (bicyclic) bond motifs is 5. The molecule has 0 radical (unpaired) electrons. The lowest BCUT2D eigenvalue weighted by Crippen LogP contribution is -2.52. The Morgan fingerprint density at radius 3 is 2.30 bits per heavy atom. The van der Waals surface area contributed by atoms with E-state index in [4.69, 9.17) is 0 Å². The van der Waals surface area contributed by atoms with E-state index >= 15 is 0 Å². The molecule has 8 atom stereocenters. The molecule has 0 aromatic heterocycles. The molecule has 0 heterocycles. The summed E-state index contributed by atoms with van der Waals surface area (Å²) >= 11 is 0. The van der Waals surface area contributed by atoms with Crippen molar-refractivity contribution < 1.29 is 9.90 Å². The highest BCUT2D eigenvalue weighted by molar-refractivity contribution is 5.79. The molecule has 0 amide bonds. The fourth-order valence-corrected chi connectivity index (χ4v) is 7.93. The van der Waals surface area contributed by atoms with E-state index in [2.05, 4.69) is 13.8 Å². The predicted molar refractivity (Wildman–Crippen MR) is 91.9 cm³/mol. The van der Waals surface area contributed by atoms with Crippen LogP contribution in [-0.4, -0.2) is 17.0 Å². The first-order valence-electron chi connectivity index (χ1n) is 10.0. The molecule has 23 heavy (non-hydrogen) atoms. The summed E-state index contributed by atoms with van der Waals surface area (Å²) in [6, 6.07) is 0. The van der Waals surface area contributed by atoms with Crippen molar-refractivity contribution in [2.24, 2.45) is 40.4 Å². The number of rotatable bonds is 1. The molecule has 4 saturated carbocycles. The average molecular weight is 319 g/mol. The Morgan fingerprint density at radius 1 is 0.913 bits per heavy atom. The van der Waals surface area contributed by atoms with Gasteiger partial charge in [0.05, 0.1) is 6.10 Å². The second kappa shape index (κ2) is 5.31. The van der Waals surface area contributed by atoms with E-state index < -0.39 is 0 Å². The number of carbonyl (C=O) groups is 1. The van der Waals surface area contributed by atoms with Crippen molar-refractivity contribution in [1.82, 2.24) is 0 Å². The predicted octanol–water partition coefficient (Wildman–Crippen LogP) is 4.60. The first-order valence-corrected chi connectivity index (χ1v) is 10.0. The summed E-state index contributed by atoms with van der Waals surface area (Å²) in [6.45, 7) is 6.72. The van der Waals surface area contributed by atoms with Gasteiger partial charge in [-0.3, -0.25) is 4.79 Å². The number of hydrogen-bond donors (Lipinski definition) is 1. The van der Waals surface area contributed by atoms with Gasteiger partial charge < -0.3 is 5.11 Å². The molecule has 0 saturated heterocycles. The van der Waals surface area contributed by atoms with Gasteiger partial charge in [0.25, 0.3) is 0 Å². The molecule has 4 fully saturated rings. The minimum atomic E-state index is -0.0600. The topological polar surface area (TPSA) is 37.3 Å². The van der Waals surface area contributed by atoms with E-state index in [1.807, 2.05) is 6.92 Å². The van der Waals surface area contributed by atoms with E-state index in [1.54, 1.807) is 0 Å². The van der Waals surface area contributed by atoms with Gasteiger partial charge in [-0.15, -0.1) is 0 Å². The van der Waals surface area contributed by atoms with Crippen LogP contribution < -0.4 is 0 Å². The molecule has 1 N–H and O–H groups in total. The summed E-state index contributed by atoms with van der Waals surface area (Å²) < 4.78 is 0. The van der Waals surface area contributed by atoms with Crippen LogP contribution in [0.1, 0.15) is 78.6 Å². The first kappa shape index (κ1) is 16.1. The van der Waals surface area contributed by atoms with Crippen LogP contribution in [0.2, 0.25) is 0 Å². The summed E-state index contributed by atoms with van der Waals surface area (Å²) in [7, 11) is 0. The van der Waals surface area contributed by atoms with Gasteiger partial charge in [-0.25, -0.2) is 0 Å². The zero-order chi connectivity index (χ0) is 16.4. The molecule has 0 unspecified atom stereocenters. The van der Waals surface area contributed by atoms with Crippen LogP contribution in [0.5, 0.6) is 0 Å². The Balaban J connectivity index is 1.60. The zero-order valence-electron chi connectivity index (χ0n) is 15.2. The first-order chi connectivity index (χ1) is 10.8. The maximum Gasteiger partial charge on any atom is 0.133 e. The van der Waals surface area contributed by atoms with E-state index in [0.717, 1.165) is 42.9 Å². The number of carbonyl (C=O) groups excluding carboxylic acids is 1. The lowest BCUT2D eigenvalue weighted by molar-refractivity contribution is -0.133. The van der Waals surface area contributed by atoms with Crippen molar-refractivity contribution >= 4 is 5.78 Å². The molecule has 0 aliphatic heterocycles. The molecule has 130 valence electrons. The molecular formula is C21H34O2. The zero-order valence-corrected chi connectivity index (χ0v) is 15.2. The van der Waals surface area contributed by atoms with Crippen molar-refractivity contribution in [3.63, 3.8) is 0 Å². The molecule has 4 aliphatic rings. The molecule has 0 aromatic rings. The molecule has 0 spiro atoms. The van der Waals surface area contributed by atoms with Crippen molar-refractivity contribution in [3.8, 4) is 0 Å². The van der Waals surface area contributed by atoms with E-state index in [9.17, 15) is 9.90 Å². The van der Waals surface area contributed by atoms with E-state index in [-0.39, 0.29) is 11.5 Å². The van der Waals surface area contributed by atoms with Crippen molar-refractivity contribution in [2.45, 2.75) is 84.7 Å². The standard InChI is InChI=1S/C21H34O2/c1-13(22)17-6-7-19-16-8-10-20(2)12-14(23)4-5-18(20)15(16)9-11-21(17,19)3/h14-19,23H,4-12H2,1-3H3/t14-,15+,16-,17+,18-,19+,20+,21-/m1/s1. The Labute approximate surface area is 141 Å². The number of hydrogen-bond acceptors (Lipinski definition) is 2. The van der Waals surface area contributed by atoms with Crippen LogP contribution in [0.25, 0.3) is 0 Å². The summed E-state index contributed by atoms with van der Waals surface area (Å²) in [5.41, 5.74) is 0.667. The third-order valence-electron chi connectivity index (χ3n) is 8.96. The SMILES string of the molecule is CC(=O)[C@@H]1CC[C@H]2[C@@H]3CC[C@@]4(C)C[C@H](O)CC[C@@H]4[C@H]3CC[C@]12C. The monoisotopic (exact) mass is 318 g/mol. The van der Waals surface area contributed by atoms with Gasteiger partial charge in [0.1, 0.15) is 5.78 Å². The Bertz CT molecular complexity index is 500. The maximum atomic E-state index is 12.2. The normalized spacial score (nSPS) is 55.7. The van der Waals surface area contributed by atoms with Gasteiger partial charge in [0.15, 0.2) is 0 Å². The Morgan fingerprint density at radius 2 is 1.57 bits per heavy atom. The van der Waals surface area contributed by atoms with Gasteiger partial charge in [-0.2, -0.15) is 0 Å². The van der Waals surface area contributed by atoms with Crippen LogP contribution in [0, 0.1) is 40.4 Å². The summed E-state index contributed by atoms with van der Waals surface area (Å²) in [5, 5.41) is 10.2. The smallest absolute Gasteiger partial charge is 0.133 e. The van der Waals surface area contributed by atoms with Gasteiger partial charge in [-0.1, -0.05) is 13.8 Å². The van der Waals surface area contributed by atoms with Crippen LogP contribution in [-0.2, 0) is 4.79 Å². The third kappa shape index (κ3) is 2.27. The fraction of sp³-hybridized carbons (Fsp3) is 0.952. The largest absolute Gasteiger partial charge is 0.393 e. The minimum absolute atomic E-state index is 0.0600. The lowest BCUT2D eigenvalue weighted by Gasteiger charge is -2.59. The Hall–Kier alpha value is -0.370. The molecule has 2 heteroatoms. The molecule has 4 aliphatic carbocycles. The highest BCUT2D eigenvalue weighted by Crippen LogP contribution is 2.66. The van der Waals surface area contributed by atoms with E-state index in [0.29, 0.717) is 17.1 Å². The van der Waals surface area contributed by atoms with Crippen LogP contribution in [0.15, 0.2) is 0 Å². The summed E-state index contributed by atoms with van der Waals surface area (Å²) in [5.74, 6) is 4.10. The molecule has 4 rings (SSSR count). The summed E-state index contributed by atoms with van der Waals surface area (Å²) in [4.78, 5) is 12.2. The molecule has 0 bridgehead atoms. The highest BCUT2D eigenvalue weighted by Gasteiger charge is 2.59.